The number of thiazole rings is 1. The fourth-order valence-electron chi connectivity index (χ4n) is 1.46. The number of aromatic nitrogens is 3. The van der Waals surface area contributed by atoms with Crippen LogP contribution in [0.3, 0.4) is 0 Å². The van der Waals surface area contributed by atoms with Crippen molar-refractivity contribution in [1.29, 1.82) is 0 Å². The maximum atomic E-state index is 4.71. The average Bonchev–Trinajstić information content (AvgIpc) is 2.86. The van der Waals surface area contributed by atoms with Crippen molar-refractivity contribution in [2.24, 2.45) is 0 Å². The smallest absolute Gasteiger partial charge is 0.181 e. The summed E-state index contributed by atoms with van der Waals surface area (Å²) in [6.45, 7) is 8.67. The maximum Gasteiger partial charge on any atom is 0.181 e. The van der Waals surface area contributed by atoms with Crippen molar-refractivity contribution in [1.82, 2.24) is 15.2 Å². The molecule has 0 aromatic carbocycles. The monoisotopic (exact) mass is 377 g/mol. The van der Waals surface area contributed by atoms with Crippen LogP contribution >= 0.6 is 50.4 Å². The third-order valence-electron chi connectivity index (χ3n) is 2.36. The summed E-state index contributed by atoms with van der Waals surface area (Å²) in [5.41, 5.74) is 1.17. The molecule has 0 aliphatic rings. The highest BCUT2D eigenvalue weighted by Crippen LogP contribution is 2.40. The minimum atomic E-state index is 0.0582. The predicted octanol–water partition coefficient (Wildman–Crippen LogP) is 5.16. The summed E-state index contributed by atoms with van der Waals surface area (Å²) in [7, 11) is 0. The van der Waals surface area contributed by atoms with Crippen LogP contribution < -0.4 is 0 Å². The van der Waals surface area contributed by atoms with E-state index in [0.717, 1.165) is 36.0 Å². The van der Waals surface area contributed by atoms with E-state index >= 15 is 0 Å². The Morgan fingerprint density at radius 2 is 1.89 bits per heavy atom. The minimum Gasteiger partial charge on any atom is -0.232 e. The number of rotatable bonds is 4. The van der Waals surface area contributed by atoms with Crippen LogP contribution in [-0.4, -0.2) is 15.2 Å². The zero-order chi connectivity index (χ0) is 14.0. The molecule has 0 aliphatic carbocycles. The van der Waals surface area contributed by atoms with E-state index in [9.17, 15) is 0 Å². The fourth-order valence-corrected chi connectivity index (χ4v) is 6.20. The molecule has 3 nitrogen and oxygen atoms in total. The second-order valence-corrected chi connectivity index (χ2v) is 10.0. The van der Waals surface area contributed by atoms with Gasteiger partial charge in [-0.3, -0.25) is 0 Å². The summed E-state index contributed by atoms with van der Waals surface area (Å²) in [6.07, 6.45) is 2.11. The highest BCUT2D eigenvalue weighted by atomic mass is 79.9. The van der Waals surface area contributed by atoms with E-state index in [1.54, 1.807) is 34.4 Å². The number of aryl methyl sites for hydroxylation is 1. The molecule has 0 radical (unpaired) electrons. The van der Waals surface area contributed by atoms with Gasteiger partial charge in [-0.15, -0.1) is 10.2 Å². The Labute approximate surface area is 134 Å². The van der Waals surface area contributed by atoms with Crippen LogP contribution in [0.2, 0.25) is 0 Å². The van der Waals surface area contributed by atoms with Gasteiger partial charge in [0.15, 0.2) is 8.68 Å². The van der Waals surface area contributed by atoms with Crippen LogP contribution in [0.15, 0.2) is 12.5 Å². The van der Waals surface area contributed by atoms with Gasteiger partial charge in [0.2, 0.25) is 0 Å². The molecule has 104 valence electrons. The van der Waals surface area contributed by atoms with E-state index < -0.39 is 0 Å². The second-order valence-electron chi connectivity index (χ2n) is 5.17. The van der Waals surface area contributed by atoms with Crippen LogP contribution in [-0.2, 0) is 11.8 Å². The number of hydrogen-bond donors (Lipinski definition) is 0. The number of hydrogen-bond acceptors (Lipinski definition) is 6. The third kappa shape index (κ3) is 4.00. The molecule has 0 amide bonds. The van der Waals surface area contributed by atoms with E-state index in [0.29, 0.717) is 0 Å². The molecule has 0 saturated heterocycles. The molecule has 7 heteroatoms. The van der Waals surface area contributed by atoms with Crippen molar-refractivity contribution >= 4 is 50.4 Å². The zero-order valence-corrected chi connectivity index (χ0v) is 15.4. The van der Waals surface area contributed by atoms with Crippen LogP contribution in [0.1, 0.15) is 44.8 Å². The lowest BCUT2D eigenvalue weighted by Crippen LogP contribution is -2.12. The van der Waals surface area contributed by atoms with Crippen molar-refractivity contribution in [3.05, 3.63) is 14.5 Å². The first kappa shape index (κ1) is 15.4. The lowest BCUT2D eigenvalue weighted by Gasteiger charge is -2.15. The van der Waals surface area contributed by atoms with Gasteiger partial charge in [-0.1, -0.05) is 50.4 Å². The molecule has 2 aromatic rings. The van der Waals surface area contributed by atoms with Crippen molar-refractivity contribution in [2.45, 2.75) is 54.6 Å². The van der Waals surface area contributed by atoms with Gasteiger partial charge in [-0.2, -0.15) is 0 Å². The van der Waals surface area contributed by atoms with Crippen molar-refractivity contribution in [2.75, 3.05) is 0 Å². The Hall–Kier alpha value is 0.0200. The zero-order valence-electron chi connectivity index (χ0n) is 11.4. The normalized spacial score (nSPS) is 12.1. The first-order valence-electron chi connectivity index (χ1n) is 6.07. The minimum absolute atomic E-state index is 0.0582. The largest absolute Gasteiger partial charge is 0.232 e. The quantitative estimate of drug-likeness (QED) is 0.737. The molecule has 0 N–H and O–H groups in total. The summed E-state index contributed by atoms with van der Waals surface area (Å²) in [5.74, 6) is 0. The highest BCUT2D eigenvalue weighted by molar-refractivity contribution is 9.11. The maximum absolute atomic E-state index is 4.71. The van der Waals surface area contributed by atoms with E-state index in [-0.39, 0.29) is 5.41 Å². The number of halogens is 1. The molecule has 2 rings (SSSR count). The van der Waals surface area contributed by atoms with Crippen molar-refractivity contribution in [3.63, 3.8) is 0 Å². The third-order valence-corrected chi connectivity index (χ3v) is 6.16. The van der Waals surface area contributed by atoms with Gasteiger partial charge in [0.1, 0.15) is 5.01 Å². The van der Waals surface area contributed by atoms with Gasteiger partial charge in [0.25, 0.3) is 0 Å². The SMILES string of the molecule is CCCc1nnc(Sc2nc(C(C)(C)C)c(Br)s2)s1. The van der Waals surface area contributed by atoms with Gasteiger partial charge >= 0.3 is 0 Å². The molecule has 0 unspecified atom stereocenters. The summed E-state index contributed by atoms with van der Waals surface area (Å²) in [4.78, 5) is 4.71. The molecule has 0 fully saturated rings. The standard InChI is InChI=1S/C12H16BrN3S3/c1-5-6-7-15-16-11(17-7)19-10-14-8(9(13)18-10)12(2,3)4/h5-6H2,1-4H3. The highest BCUT2D eigenvalue weighted by Gasteiger charge is 2.22. The molecule has 0 bridgehead atoms. The van der Waals surface area contributed by atoms with Gasteiger partial charge in [-0.05, 0) is 34.1 Å². The Morgan fingerprint density at radius 3 is 2.47 bits per heavy atom. The van der Waals surface area contributed by atoms with E-state index in [4.69, 9.17) is 4.98 Å². The van der Waals surface area contributed by atoms with Crippen LogP contribution in [0.4, 0.5) is 0 Å². The first-order chi connectivity index (χ1) is 8.90. The Bertz CT molecular complexity index is 557. The molecule has 2 heterocycles. The topological polar surface area (TPSA) is 38.7 Å². The molecule has 0 atom stereocenters. The summed E-state index contributed by atoms with van der Waals surface area (Å²) in [5, 5.41) is 9.51. The van der Waals surface area contributed by atoms with Gasteiger partial charge in [0, 0.05) is 11.8 Å². The van der Waals surface area contributed by atoms with E-state index in [1.807, 2.05) is 0 Å². The summed E-state index contributed by atoms with van der Waals surface area (Å²) >= 11 is 8.55. The van der Waals surface area contributed by atoms with Crippen LogP contribution in [0.5, 0.6) is 0 Å². The lowest BCUT2D eigenvalue weighted by atomic mass is 9.93. The summed E-state index contributed by atoms with van der Waals surface area (Å²) in [6, 6.07) is 0. The van der Waals surface area contributed by atoms with Gasteiger partial charge < -0.3 is 0 Å². The van der Waals surface area contributed by atoms with Crippen molar-refractivity contribution in [3.8, 4) is 0 Å². The molecule has 0 spiro atoms. The first-order valence-corrected chi connectivity index (χ1v) is 9.31. The lowest BCUT2D eigenvalue weighted by molar-refractivity contribution is 0.567. The van der Waals surface area contributed by atoms with Gasteiger partial charge in [0.05, 0.1) is 9.48 Å². The fraction of sp³-hybridized carbons (Fsp3) is 0.583. The number of nitrogens with zero attached hydrogens (tertiary/aromatic N) is 3. The molecule has 19 heavy (non-hydrogen) atoms. The Kier molecular flexibility index (Phi) is 5.03. The van der Waals surface area contributed by atoms with Crippen LogP contribution in [0.25, 0.3) is 0 Å². The Balaban J connectivity index is 2.15. The van der Waals surface area contributed by atoms with E-state index in [2.05, 4.69) is 53.8 Å². The summed E-state index contributed by atoms with van der Waals surface area (Å²) < 4.78 is 3.11. The predicted molar refractivity (Wildman–Crippen MR) is 86.5 cm³/mol. The molecular weight excluding hydrogens is 362 g/mol. The second kappa shape index (κ2) is 6.20. The van der Waals surface area contributed by atoms with E-state index in [1.165, 1.54) is 0 Å². The average molecular weight is 378 g/mol. The van der Waals surface area contributed by atoms with Crippen molar-refractivity contribution < 1.29 is 0 Å². The molecule has 0 saturated carbocycles. The molecular formula is C12H16BrN3S3. The van der Waals surface area contributed by atoms with Crippen LogP contribution in [0, 0.1) is 0 Å². The molecule has 0 aliphatic heterocycles. The van der Waals surface area contributed by atoms with Gasteiger partial charge in [-0.25, -0.2) is 4.98 Å². The Morgan fingerprint density at radius 1 is 1.16 bits per heavy atom. The molecule has 2 aromatic heterocycles.